The van der Waals surface area contributed by atoms with Gasteiger partial charge < -0.3 is 15.5 Å². The number of nitrogens with one attached hydrogen (secondary N) is 2. The van der Waals surface area contributed by atoms with Crippen molar-refractivity contribution in [2.45, 2.75) is 38.3 Å². The second-order valence-electron chi connectivity index (χ2n) is 8.64. The lowest BCUT2D eigenvalue weighted by molar-refractivity contribution is -0.140. The average Bonchev–Trinajstić information content (AvgIpc) is 3.46. The third-order valence-corrected chi connectivity index (χ3v) is 6.23. The van der Waals surface area contributed by atoms with Crippen LogP contribution in [0.15, 0.2) is 24.4 Å². The number of likely N-dealkylation sites (tertiary alicyclic amines) is 1. The number of carbonyl (C=O) groups excluding carboxylic acids is 1. The minimum Gasteiger partial charge on any atom is -0.371 e. The number of pyridine rings is 1. The van der Waals surface area contributed by atoms with Gasteiger partial charge in [0.2, 0.25) is 11.9 Å². The lowest BCUT2D eigenvalue weighted by atomic mass is 10.0. The van der Waals surface area contributed by atoms with Crippen LogP contribution in [-0.2, 0) is 11.3 Å². The van der Waals surface area contributed by atoms with Gasteiger partial charge >= 0.3 is 0 Å². The second-order valence-corrected chi connectivity index (χ2v) is 8.64. The number of hydrogen-bond donors (Lipinski definition) is 2. The molecule has 0 aliphatic carbocycles. The summed E-state index contributed by atoms with van der Waals surface area (Å²) in [5.74, 6) is -3.06. The number of fused-ring (bicyclic) bond motifs is 2. The van der Waals surface area contributed by atoms with Crippen LogP contribution in [0.3, 0.4) is 0 Å². The zero-order valence-corrected chi connectivity index (χ0v) is 19.7. The van der Waals surface area contributed by atoms with Gasteiger partial charge in [0.05, 0.1) is 25.0 Å². The van der Waals surface area contributed by atoms with E-state index in [0.29, 0.717) is 46.7 Å². The molecular formula is C22H25F3N10O. The van der Waals surface area contributed by atoms with Crippen LogP contribution in [0.4, 0.5) is 24.9 Å². The average molecular weight is 503 g/mol. The molecule has 0 radical (unpaired) electrons. The van der Waals surface area contributed by atoms with Crippen molar-refractivity contribution in [2.75, 3.05) is 37.4 Å². The maximum absolute atomic E-state index is 14.7. The van der Waals surface area contributed by atoms with Crippen LogP contribution >= 0.6 is 0 Å². The van der Waals surface area contributed by atoms with E-state index in [1.54, 1.807) is 40.6 Å². The minimum atomic E-state index is -3.14. The zero-order valence-electron chi connectivity index (χ0n) is 19.7. The van der Waals surface area contributed by atoms with Gasteiger partial charge in [0.25, 0.3) is 5.92 Å². The number of halogens is 3. The van der Waals surface area contributed by atoms with Gasteiger partial charge in [-0.3, -0.25) is 9.18 Å². The number of hydrogen-bond acceptors (Lipinski definition) is 8. The van der Waals surface area contributed by atoms with Gasteiger partial charge in [-0.1, -0.05) is 5.21 Å². The number of amides is 1. The van der Waals surface area contributed by atoms with E-state index in [1.165, 1.54) is 6.92 Å². The van der Waals surface area contributed by atoms with Crippen molar-refractivity contribution in [3.63, 3.8) is 0 Å². The first-order chi connectivity index (χ1) is 17.3. The Morgan fingerprint density at radius 3 is 2.81 bits per heavy atom. The summed E-state index contributed by atoms with van der Waals surface area (Å²) in [5.41, 5.74) is 3.05. The van der Waals surface area contributed by atoms with Crippen LogP contribution in [0.5, 0.6) is 0 Å². The molecule has 0 bridgehead atoms. The predicted molar refractivity (Wildman–Crippen MR) is 127 cm³/mol. The van der Waals surface area contributed by atoms with Crippen LogP contribution in [0, 0.1) is 0 Å². The summed E-state index contributed by atoms with van der Waals surface area (Å²) in [6.45, 7) is 0.745. The molecular weight excluding hydrogens is 477 g/mol. The Morgan fingerprint density at radius 2 is 2.08 bits per heavy atom. The number of rotatable bonds is 7. The van der Waals surface area contributed by atoms with Crippen molar-refractivity contribution >= 4 is 34.4 Å². The summed E-state index contributed by atoms with van der Waals surface area (Å²) in [7, 11) is 1.68. The van der Waals surface area contributed by atoms with Crippen molar-refractivity contribution in [1.29, 1.82) is 0 Å². The molecule has 2 N–H and O–H groups in total. The highest BCUT2D eigenvalue weighted by Crippen LogP contribution is 2.32. The van der Waals surface area contributed by atoms with Crippen molar-refractivity contribution in [3.8, 4) is 11.3 Å². The van der Waals surface area contributed by atoms with Gasteiger partial charge in [-0.15, -0.1) is 10.2 Å². The standard InChI is InChI=1S/C22H25F3N10O/c1-13(36)33-10-7-17(22(24,25)12-33)28-21-29-19(26-2)18-14(6-11-34(18)31-21)15-4-5-16-20(27-15)35(32-30-16)9-3-8-23/h4-6,11,17H,3,7-10,12H2,1-2H3,(H2,26,28,29,31)/t17-/m1/s1. The molecule has 0 saturated carbocycles. The number of alkyl halides is 3. The second kappa shape index (κ2) is 9.24. The highest BCUT2D eigenvalue weighted by Gasteiger charge is 2.45. The fourth-order valence-corrected chi connectivity index (χ4v) is 4.37. The quantitative estimate of drug-likeness (QED) is 0.396. The summed E-state index contributed by atoms with van der Waals surface area (Å²) in [4.78, 5) is 21.8. The molecule has 4 aromatic rings. The number of nitrogens with zero attached hydrogens (tertiary/aromatic N) is 8. The Labute approximate surface area is 203 Å². The molecule has 14 heteroatoms. The number of carbonyl (C=O) groups is 1. The SMILES string of the molecule is CNc1nc(N[C@@H]2CCN(C(C)=O)CC2(F)F)nn2ccc(-c3ccc4nnn(CCCF)c4n3)c12. The van der Waals surface area contributed by atoms with Gasteiger partial charge in [-0.25, -0.2) is 23.0 Å². The van der Waals surface area contributed by atoms with Gasteiger partial charge in [0.1, 0.15) is 11.0 Å². The van der Waals surface area contributed by atoms with Crippen LogP contribution in [0.2, 0.25) is 0 Å². The lowest BCUT2D eigenvalue weighted by Crippen LogP contribution is -2.55. The number of piperidine rings is 1. The van der Waals surface area contributed by atoms with Gasteiger partial charge in [-0.2, -0.15) is 4.98 Å². The molecule has 0 aromatic carbocycles. The first-order valence-electron chi connectivity index (χ1n) is 11.5. The molecule has 0 unspecified atom stereocenters. The lowest BCUT2D eigenvalue weighted by Gasteiger charge is -2.38. The molecule has 1 saturated heterocycles. The topological polar surface area (TPSA) is 118 Å². The first-order valence-corrected chi connectivity index (χ1v) is 11.5. The molecule has 1 atom stereocenters. The van der Waals surface area contributed by atoms with Crippen LogP contribution in [-0.4, -0.2) is 84.2 Å². The predicted octanol–water partition coefficient (Wildman–Crippen LogP) is 2.61. The van der Waals surface area contributed by atoms with Crippen molar-refractivity contribution in [3.05, 3.63) is 24.4 Å². The van der Waals surface area contributed by atoms with Crippen LogP contribution in [0.25, 0.3) is 27.9 Å². The monoisotopic (exact) mass is 502 g/mol. The summed E-state index contributed by atoms with van der Waals surface area (Å²) in [6.07, 6.45) is 2.06. The number of aryl methyl sites for hydroxylation is 1. The first kappa shape index (κ1) is 23.8. The van der Waals surface area contributed by atoms with Crippen LogP contribution < -0.4 is 10.6 Å². The highest BCUT2D eigenvalue weighted by atomic mass is 19.3. The van der Waals surface area contributed by atoms with Crippen molar-refractivity contribution < 1.29 is 18.0 Å². The Kier molecular flexibility index (Phi) is 6.10. The van der Waals surface area contributed by atoms with E-state index in [1.807, 2.05) is 0 Å². The largest absolute Gasteiger partial charge is 0.371 e. The molecule has 11 nitrogen and oxygen atoms in total. The molecule has 5 rings (SSSR count). The van der Waals surface area contributed by atoms with Crippen LogP contribution in [0.1, 0.15) is 19.8 Å². The van der Waals surface area contributed by atoms with Gasteiger partial charge in [0, 0.05) is 38.8 Å². The molecule has 4 aromatic heterocycles. The maximum Gasteiger partial charge on any atom is 0.285 e. The minimum absolute atomic E-state index is 0.0341. The maximum atomic E-state index is 14.7. The van der Waals surface area contributed by atoms with Crippen molar-refractivity contribution in [2.24, 2.45) is 0 Å². The van der Waals surface area contributed by atoms with Gasteiger partial charge in [-0.05, 0) is 31.0 Å². The Hall–Kier alpha value is -3.97. The molecule has 1 amide bonds. The fourth-order valence-electron chi connectivity index (χ4n) is 4.37. The van der Waals surface area contributed by atoms with E-state index in [2.05, 4.69) is 36.0 Å². The molecule has 0 spiro atoms. The summed E-state index contributed by atoms with van der Waals surface area (Å²) >= 11 is 0. The zero-order chi connectivity index (χ0) is 25.4. The van der Waals surface area contributed by atoms with E-state index in [9.17, 15) is 18.0 Å². The smallest absolute Gasteiger partial charge is 0.285 e. The Morgan fingerprint density at radius 1 is 1.25 bits per heavy atom. The Balaban J connectivity index is 1.47. The number of anilines is 2. The molecule has 1 fully saturated rings. The van der Waals surface area contributed by atoms with E-state index < -0.39 is 25.2 Å². The molecule has 5 heterocycles. The Bertz CT molecular complexity index is 1420. The molecule has 190 valence electrons. The highest BCUT2D eigenvalue weighted by molar-refractivity contribution is 5.89. The molecule has 36 heavy (non-hydrogen) atoms. The summed E-state index contributed by atoms with van der Waals surface area (Å²) < 4.78 is 45.2. The summed E-state index contributed by atoms with van der Waals surface area (Å²) in [6, 6.07) is 4.16. The van der Waals surface area contributed by atoms with E-state index in [-0.39, 0.29) is 24.8 Å². The molecule has 1 aliphatic rings. The van der Waals surface area contributed by atoms with E-state index in [0.717, 1.165) is 4.90 Å². The van der Waals surface area contributed by atoms with E-state index >= 15 is 0 Å². The third kappa shape index (κ3) is 4.27. The fraction of sp³-hybridized carbons (Fsp3) is 0.455. The van der Waals surface area contributed by atoms with E-state index in [4.69, 9.17) is 0 Å². The van der Waals surface area contributed by atoms with Gasteiger partial charge in [0.15, 0.2) is 11.5 Å². The molecule has 1 aliphatic heterocycles. The summed E-state index contributed by atoms with van der Waals surface area (Å²) in [5, 5.41) is 18.3. The normalized spacial score (nSPS) is 17.6. The van der Waals surface area contributed by atoms with Crippen molar-refractivity contribution in [1.82, 2.24) is 39.5 Å². The third-order valence-electron chi connectivity index (χ3n) is 6.23. The number of aromatic nitrogens is 7.